The van der Waals surface area contributed by atoms with E-state index < -0.39 is 11.9 Å². The van der Waals surface area contributed by atoms with Gasteiger partial charge < -0.3 is 19.5 Å². The second kappa shape index (κ2) is 11.8. The highest BCUT2D eigenvalue weighted by molar-refractivity contribution is 6.32. The van der Waals surface area contributed by atoms with Crippen LogP contribution in [0.15, 0.2) is 42.0 Å². The van der Waals surface area contributed by atoms with Crippen LogP contribution in [0, 0.1) is 11.3 Å². The Morgan fingerprint density at radius 3 is 2.41 bits per heavy atom. The average Bonchev–Trinajstić information content (AvgIpc) is 2.75. The Morgan fingerprint density at radius 2 is 1.84 bits per heavy atom. The monoisotopic (exact) mass is 456 g/mol. The zero-order valence-electron chi connectivity index (χ0n) is 18.4. The smallest absolute Gasteiger partial charge is 0.338 e. The zero-order valence-corrected chi connectivity index (χ0v) is 19.2. The van der Waals surface area contributed by atoms with Crippen LogP contribution in [-0.4, -0.2) is 31.2 Å². The molecule has 0 spiro atoms. The number of nitrogens with zero attached hydrogens (tertiary/aromatic N) is 1. The largest absolute Gasteiger partial charge is 0.490 e. The molecule has 0 atom stereocenters. The fourth-order valence-corrected chi connectivity index (χ4v) is 2.97. The van der Waals surface area contributed by atoms with E-state index in [0.717, 1.165) is 0 Å². The molecule has 0 aliphatic heterocycles. The van der Waals surface area contributed by atoms with Crippen LogP contribution >= 0.6 is 11.6 Å². The van der Waals surface area contributed by atoms with Gasteiger partial charge in [-0.05, 0) is 75.7 Å². The molecule has 0 unspecified atom stereocenters. The highest BCUT2D eigenvalue weighted by Crippen LogP contribution is 2.38. The summed E-state index contributed by atoms with van der Waals surface area (Å²) in [4.78, 5) is 24.3. The van der Waals surface area contributed by atoms with Gasteiger partial charge in [0.25, 0.3) is 5.91 Å². The molecule has 7 nitrogen and oxygen atoms in total. The highest BCUT2D eigenvalue weighted by Gasteiger charge is 2.16. The number of hydrogen-bond acceptors (Lipinski definition) is 6. The molecule has 2 aromatic rings. The summed E-state index contributed by atoms with van der Waals surface area (Å²) in [6.07, 6.45) is 1.30. The lowest BCUT2D eigenvalue weighted by Crippen LogP contribution is -2.13. The number of carbonyl (C=O) groups is 2. The molecule has 0 radical (unpaired) electrons. The van der Waals surface area contributed by atoms with Gasteiger partial charge in [0.05, 0.1) is 29.9 Å². The Bertz CT molecular complexity index is 1040. The van der Waals surface area contributed by atoms with Gasteiger partial charge in [-0.1, -0.05) is 11.6 Å². The van der Waals surface area contributed by atoms with Gasteiger partial charge in [-0.3, -0.25) is 4.79 Å². The number of anilines is 1. The summed E-state index contributed by atoms with van der Waals surface area (Å²) >= 11 is 6.36. The third kappa shape index (κ3) is 6.76. The number of nitrogens with one attached hydrogen (secondary N) is 1. The molecule has 1 N–H and O–H groups in total. The number of amides is 1. The number of ether oxygens (including phenoxy) is 3. The van der Waals surface area contributed by atoms with Crippen LogP contribution in [0.4, 0.5) is 5.69 Å². The van der Waals surface area contributed by atoms with E-state index in [2.05, 4.69) is 5.32 Å². The lowest BCUT2D eigenvalue weighted by molar-refractivity contribution is -0.112. The van der Waals surface area contributed by atoms with Crippen LogP contribution in [0.1, 0.15) is 43.6 Å². The molecular weight excluding hydrogens is 432 g/mol. The van der Waals surface area contributed by atoms with Gasteiger partial charge in [-0.25, -0.2) is 4.79 Å². The minimum atomic E-state index is -0.604. The molecule has 2 rings (SSSR count). The van der Waals surface area contributed by atoms with E-state index in [9.17, 15) is 14.9 Å². The van der Waals surface area contributed by atoms with E-state index in [1.807, 2.05) is 26.8 Å². The van der Waals surface area contributed by atoms with Crippen molar-refractivity contribution in [2.24, 2.45) is 0 Å². The number of carbonyl (C=O) groups excluding carboxylic acids is 2. The van der Waals surface area contributed by atoms with Gasteiger partial charge in [0, 0.05) is 5.69 Å². The van der Waals surface area contributed by atoms with Crippen LogP contribution in [0.5, 0.6) is 11.5 Å². The molecule has 0 saturated carbocycles. The maximum atomic E-state index is 12.6. The summed E-state index contributed by atoms with van der Waals surface area (Å²) < 4.78 is 16.3. The first-order valence-electron chi connectivity index (χ1n) is 10.1. The van der Waals surface area contributed by atoms with Crippen molar-refractivity contribution in [3.63, 3.8) is 0 Å². The van der Waals surface area contributed by atoms with Crippen molar-refractivity contribution < 1.29 is 23.8 Å². The van der Waals surface area contributed by atoms with Crippen LogP contribution in [0.2, 0.25) is 5.02 Å². The summed E-state index contributed by atoms with van der Waals surface area (Å²) in [5.74, 6) is -0.222. The fraction of sp³-hybridized carbons (Fsp3) is 0.292. The summed E-state index contributed by atoms with van der Waals surface area (Å²) in [5, 5.41) is 12.4. The fourth-order valence-electron chi connectivity index (χ4n) is 2.70. The summed E-state index contributed by atoms with van der Waals surface area (Å²) in [6, 6.07) is 11.3. The van der Waals surface area contributed by atoms with Gasteiger partial charge in [-0.2, -0.15) is 5.26 Å². The number of rotatable bonds is 9. The first-order chi connectivity index (χ1) is 15.3. The molecule has 1 amide bonds. The second-order valence-corrected chi connectivity index (χ2v) is 7.26. The topological polar surface area (TPSA) is 97.7 Å². The predicted octanol–water partition coefficient (Wildman–Crippen LogP) is 5.25. The molecule has 0 bridgehead atoms. The number of nitriles is 1. The molecule has 0 saturated heterocycles. The minimum absolute atomic E-state index is 0.108. The van der Waals surface area contributed by atoms with Crippen LogP contribution in [0.3, 0.4) is 0 Å². The Labute approximate surface area is 192 Å². The van der Waals surface area contributed by atoms with Gasteiger partial charge in [-0.15, -0.1) is 0 Å². The number of benzene rings is 2. The maximum Gasteiger partial charge on any atom is 0.338 e. The molecule has 0 heterocycles. The first kappa shape index (κ1) is 24.8. The molecule has 8 heteroatoms. The SMILES string of the molecule is CCOC(=O)c1ccc(NC(=O)/C(C#N)=C/c2cc(Cl)c(OC(C)C)c(OCC)c2)cc1. The van der Waals surface area contributed by atoms with Gasteiger partial charge >= 0.3 is 5.97 Å². The molecule has 2 aromatic carbocycles. The van der Waals surface area contributed by atoms with Crippen molar-refractivity contribution in [2.75, 3.05) is 18.5 Å². The number of esters is 1. The molecule has 0 fully saturated rings. The van der Waals surface area contributed by atoms with Crippen LogP contribution in [0.25, 0.3) is 6.08 Å². The third-order valence-corrected chi connectivity index (χ3v) is 4.30. The van der Waals surface area contributed by atoms with E-state index in [0.29, 0.717) is 39.9 Å². The Kier molecular flexibility index (Phi) is 9.11. The third-order valence-electron chi connectivity index (χ3n) is 4.02. The normalized spacial score (nSPS) is 11.0. The quantitative estimate of drug-likeness (QED) is 0.314. The number of hydrogen-bond donors (Lipinski definition) is 1. The molecule has 0 aliphatic carbocycles. The van der Waals surface area contributed by atoms with Crippen molar-refractivity contribution in [1.82, 2.24) is 0 Å². The van der Waals surface area contributed by atoms with E-state index in [-0.39, 0.29) is 18.3 Å². The van der Waals surface area contributed by atoms with Gasteiger partial charge in [0.2, 0.25) is 0 Å². The zero-order chi connectivity index (χ0) is 23.7. The average molecular weight is 457 g/mol. The standard InChI is InChI=1S/C24H25ClN2O5/c1-5-30-21-13-16(12-20(25)22(21)32-15(3)4)11-18(14-26)23(28)27-19-9-7-17(8-10-19)24(29)31-6-2/h7-13,15H,5-6H2,1-4H3,(H,27,28)/b18-11+. The van der Waals surface area contributed by atoms with Crippen molar-refractivity contribution in [3.05, 3.63) is 58.1 Å². The van der Waals surface area contributed by atoms with Gasteiger partial charge in [0.1, 0.15) is 11.6 Å². The van der Waals surface area contributed by atoms with Crippen molar-refractivity contribution in [2.45, 2.75) is 33.8 Å². The molecule has 0 aromatic heterocycles. The van der Waals surface area contributed by atoms with E-state index in [4.69, 9.17) is 25.8 Å². The Morgan fingerprint density at radius 1 is 1.16 bits per heavy atom. The Hall–Kier alpha value is -3.50. The predicted molar refractivity (Wildman–Crippen MR) is 123 cm³/mol. The van der Waals surface area contributed by atoms with Crippen molar-refractivity contribution in [3.8, 4) is 17.6 Å². The molecular formula is C24H25ClN2O5. The summed E-state index contributed by atoms with van der Waals surface area (Å²) in [5.41, 5.74) is 1.18. The number of halogens is 1. The van der Waals surface area contributed by atoms with E-state index in [1.54, 1.807) is 31.2 Å². The minimum Gasteiger partial charge on any atom is -0.490 e. The van der Waals surface area contributed by atoms with Crippen LogP contribution < -0.4 is 14.8 Å². The first-order valence-corrected chi connectivity index (χ1v) is 10.5. The van der Waals surface area contributed by atoms with E-state index in [1.165, 1.54) is 18.2 Å². The lowest BCUT2D eigenvalue weighted by Gasteiger charge is -2.16. The second-order valence-electron chi connectivity index (χ2n) is 6.85. The highest BCUT2D eigenvalue weighted by atomic mass is 35.5. The van der Waals surface area contributed by atoms with E-state index >= 15 is 0 Å². The Balaban J connectivity index is 2.25. The van der Waals surface area contributed by atoms with Crippen LogP contribution in [-0.2, 0) is 9.53 Å². The molecule has 0 aliphatic rings. The van der Waals surface area contributed by atoms with Gasteiger partial charge in [0.15, 0.2) is 11.5 Å². The molecule has 168 valence electrons. The summed E-state index contributed by atoms with van der Waals surface area (Å²) in [7, 11) is 0. The molecule has 32 heavy (non-hydrogen) atoms. The lowest BCUT2D eigenvalue weighted by atomic mass is 10.1. The maximum absolute atomic E-state index is 12.6. The van der Waals surface area contributed by atoms with Crippen molar-refractivity contribution >= 4 is 35.2 Å². The summed E-state index contributed by atoms with van der Waals surface area (Å²) in [6.45, 7) is 7.96. The van der Waals surface area contributed by atoms with Crippen molar-refractivity contribution in [1.29, 1.82) is 5.26 Å².